The lowest BCUT2D eigenvalue weighted by Gasteiger charge is -2.17. The second kappa shape index (κ2) is 39.7. The first kappa shape index (κ1) is 57.7. The molecule has 0 aromatic heterocycles. The first-order valence-corrected chi connectivity index (χ1v) is 18.6. The number of hydrogen-bond acceptors (Lipinski definition) is 13. The highest BCUT2D eigenvalue weighted by Gasteiger charge is 2.19. The van der Waals surface area contributed by atoms with Gasteiger partial charge in [0.2, 0.25) is 11.8 Å². The number of aliphatic hydroxyl groups is 1. The summed E-state index contributed by atoms with van der Waals surface area (Å²) in [5, 5.41) is 52.7. The van der Waals surface area contributed by atoms with Gasteiger partial charge in [0.1, 0.15) is 18.4 Å². The number of nitrogens with zero attached hydrogens (tertiary/aromatic N) is 1. The van der Waals surface area contributed by atoms with Crippen molar-refractivity contribution in [3.63, 3.8) is 0 Å². The van der Waals surface area contributed by atoms with Gasteiger partial charge in [0.15, 0.2) is 0 Å². The Morgan fingerprint density at radius 2 is 1.29 bits per heavy atom. The lowest BCUT2D eigenvalue weighted by Crippen LogP contribution is -2.46. The Kier molecular flexibility index (Phi) is 40.9. The normalized spacial score (nSPS) is 12.4. The van der Waals surface area contributed by atoms with E-state index in [1.807, 2.05) is 13.8 Å². The van der Waals surface area contributed by atoms with Crippen LogP contribution in [-0.4, -0.2) is 123 Å². The number of nitrogens with two attached hydrogens (primary N) is 3. The van der Waals surface area contributed by atoms with Gasteiger partial charge >= 0.3 is 23.9 Å². The summed E-state index contributed by atoms with van der Waals surface area (Å²) in [4.78, 5) is 89.0. The molecule has 4 atom stereocenters. The van der Waals surface area contributed by atoms with Gasteiger partial charge in [-0.05, 0) is 64.7 Å². The molecule has 0 fully saturated rings. The summed E-state index contributed by atoms with van der Waals surface area (Å²) in [6, 6.07) is -3.77. The van der Waals surface area contributed by atoms with E-state index in [4.69, 9.17) is 42.5 Å². The molecule has 0 aromatic rings. The number of unbranched alkanes of at least 4 members (excludes halogenated alkanes) is 5. The zero-order valence-electron chi connectivity index (χ0n) is 33.2. The predicted molar refractivity (Wildman–Crippen MR) is 207 cm³/mol. The van der Waals surface area contributed by atoms with Gasteiger partial charge in [-0.2, -0.15) is 0 Å². The average Bonchev–Trinajstić information content (AvgIpc) is 3.14. The third kappa shape index (κ3) is 38.7. The number of amides is 4. The SMILES string of the molecule is CC.CC(CCC(=O)O)NC(=O)NC(C=O)CCCCNC(=O)CCCCCCC(=O)NC(CCCCN(N)/C=C(\N)CC(N)C(=O)O)C(=O)O.CO.O=CO. The molecule has 0 spiro atoms. The summed E-state index contributed by atoms with van der Waals surface area (Å²) in [5.74, 6) is 2.07. The lowest BCUT2D eigenvalue weighted by atomic mass is 10.1. The van der Waals surface area contributed by atoms with Crippen molar-refractivity contribution >= 4 is 48.5 Å². The summed E-state index contributed by atoms with van der Waals surface area (Å²) in [6.07, 6.45) is 8.02. The molecule has 4 amide bonds. The zero-order chi connectivity index (χ0) is 43.9. The molecule has 0 aliphatic carbocycles. The Morgan fingerprint density at radius 1 is 0.732 bits per heavy atom. The standard InChI is InChI=1S/C31H56N8O10.C2H6.CH2O2.CH4O/c1-21(14-15-28(43)44)36-31(49)37-23(20-40)10-6-8-16-35-26(41)12-4-2-3-5-13-27(42)38-25(30(47)48)11-7-9-17-39(34)19-22(32)18-24(33)29(45)46;1-2;2-1-3;1-2/h19-21,23-25H,2-18,32-34H2,1H3,(H,35,41)(H,38,42)(H,43,44)(H,45,46)(H,47,48)(H2,36,37,49);1-2H3;1H,(H,2,3);2H,1H3/b22-19-;;;. The van der Waals surface area contributed by atoms with Crippen LogP contribution in [0, 0.1) is 0 Å². The topological polar surface area (TPSA) is 367 Å². The van der Waals surface area contributed by atoms with Crippen LogP contribution in [0.15, 0.2) is 11.9 Å². The fourth-order valence-electron chi connectivity index (χ4n) is 4.59. The highest BCUT2D eigenvalue weighted by Crippen LogP contribution is 2.08. The minimum Gasteiger partial charge on any atom is -0.483 e. The van der Waals surface area contributed by atoms with E-state index in [1.54, 1.807) is 6.92 Å². The number of urea groups is 1. The Morgan fingerprint density at radius 3 is 1.80 bits per heavy atom. The molecule has 0 aromatic carbocycles. The van der Waals surface area contributed by atoms with E-state index in [0.717, 1.165) is 13.5 Å². The van der Waals surface area contributed by atoms with E-state index in [9.17, 15) is 38.7 Å². The van der Waals surface area contributed by atoms with Crippen LogP contribution in [0.25, 0.3) is 0 Å². The van der Waals surface area contributed by atoms with Crippen molar-refractivity contribution in [3.05, 3.63) is 11.9 Å². The van der Waals surface area contributed by atoms with Crippen LogP contribution in [0.3, 0.4) is 0 Å². The van der Waals surface area contributed by atoms with E-state index in [-0.39, 0.29) is 62.1 Å². The van der Waals surface area contributed by atoms with E-state index in [0.29, 0.717) is 77.2 Å². The number of carboxylic acids is 3. The lowest BCUT2D eigenvalue weighted by molar-refractivity contribution is -0.142. The molecule has 21 heteroatoms. The fourth-order valence-corrected chi connectivity index (χ4v) is 4.59. The number of hydrazine groups is 1. The smallest absolute Gasteiger partial charge is 0.326 e. The van der Waals surface area contributed by atoms with E-state index < -0.39 is 42.1 Å². The van der Waals surface area contributed by atoms with E-state index in [2.05, 4.69) is 21.3 Å². The molecule has 56 heavy (non-hydrogen) atoms. The molecular formula is C35H68N8O13. The molecule has 0 saturated carbocycles. The van der Waals surface area contributed by atoms with Gasteiger partial charge in [0.25, 0.3) is 6.47 Å². The number of aliphatic carboxylic acids is 3. The molecule has 0 rings (SSSR count). The van der Waals surface area contributed by atoms with Crippen LogP contribution >= 0.6 is 0 Å². The number of nitrogens with one attached hydrogen (secondary N) is 4. The summed E-state index contributed by atoms with van der Waals surface area (Å²) in [7, 11) is 1.00. The first-order chi connectivity index (χ1) is 26.6. The molecule has 15 N–H and O–H groups in total. The van der Waals surface area contributed by atoms with Crippen molar-refractivity contribution in [2.24, 2.45) is 17.3 Å². The molecule has 0 aliphatic heterocycles. The molecular weight excluding hydrogens is 740 g/mol. The monoisotopic (exact) mass is 808 g/mol. The average molecular weight is 809 g/mol. The number of aliphatic hydroxyl groups excluding tert-OH is 1. The second-order valence-corrected chi connectivity index (χ2v) is 12.1. The van der Waals surface area contributed by atoms with Crippen molar-refractivity contribution < 1.29 is 63.9 Å². The second-order valence-electron chi connectivity index (χ2n) is 12.1. The first-order valence-electron chi connectivity index (χ1n) is 18.6. The number of carbonyl (C=O) groups is 8. The number of carboxylic acid groups (broad SMARTS) is 4. The third-order valence-corrected chi connectivity index (χ3v) is 7.37. The molecule has 326 valence electrons. The summed E-state index contributed by atoms with van der Waals surface area (Å²) in [5.41, 5.74) is 11.4. The minimum absolute atomic E-state index is 0.0660. The molecule has 0 bridgehead atoms. The number of rotatable bonds is 29. The summed E-state index contributed by atoms with van der Waals surface area (Å²) < 4.78 is 0. The van der Waals surface area contributed by atoms with Crippen LogP contribution in [0.1, 0.15) is 117 Å². The molecule has 0 saturated heterocycles. The number of aldehydes is 1. The number of carbonyl (C=O) groups excluding carboxylic acids is 4. The van der Waals surface area contributed by atoms with Crippen molar-refractivity contribution in [2.75, 3.05) is 20.2 Å². The maximum Gasteiger partial charge on any atom is 0.326 e. The number of hydrogen-bond donors (Lipinski definition) is 12. The Hall–Kier alpha value is -5.02. The van der Waals surface area contributed by atoms with Crippen LogP contribution < -0.4 is 38.6 Å². The Labute approximate surface area is 329 Å². The third-order valence-electron chi connectivity index (χ3n) is 7.37. The zero-order valence-corrected chi connectivity index (χ0v) is 33.2. The van der Waals surface area contributed by atoms with Crippen LogP contribution in [0.4, 0.5) is 4.79 Å². The predicted octanol–water partition coefficient (Wildman–Crippen LogP) is 0.587. The molecule has 21 nitrogen and oxygen atoms in total. The summed E-state index contributed by atoms with van der Waals surface area (Å²) in [6.45, 7) is 6.19. The van der Waals surface area contributed by atoms with Gasteiger partial charge in [-0.1, -0.05) is 26.7 Å². The van der Waals surface area contributed by atoms with Crippen molar-refractivity contribution in [3.8, 4) is 0 Å². The van der Waals surface area contributed by atoms with Crippen molar-refractivity contribution in [1.29, 1.82) is 0 Å². The van der Waals surface area contributed by atoms with Gasteiger partial charge in [0, 0.05) is 63.8 Å². The minimum atomic E-state index is -1.18. The van der Waals surface area contributed by atoms with Gasteiger partial charge in [-0.15, -0.1) is 0 Å². The van der Waals surface area contributed by atoms with E-state index in [1.165, 1.54) is 11.2 Å². The van der Waals surface area contributed by atoms with Gasteiger partial charge in [-0.25, -0.2) is 15.4 Å². The molecule has 4 unspecified atom stereocenters. The van der Waals surface area contributed by atoms with Crippen LogP contribution in [0.2, 0.25) is 0 Å². The highest BCUT2D eigenvalue weighted by molar-refractivity contribution is 5.83. The highest BCUT2D eigenvalue weighted by atomic mass is 16.4. The molecule has 0 heterocycles. The van der Waals surface area contributed by atoms with Gasteiger partial charge in [0.05, 0.1) is 6.04 Å². The maximum absolute atomic E-state index is 12.3. The van der Waals surface area contributed by atoms with Crippen LogP contribution in [0.5, 0.6) is 0 Å². The fraction of sp³-hybridized carbons (Fsp3) is 0.714. The molecule has 0 radical (unpaired) electrons. The summed E-state index contributed by atoms with van der Waals surface area (Å²) >= 11 is 0. The maximum atomic E-state index is 12.3. The van der Waals surface area contributed by atoms with Gasteiger partial charge < -0.3 is 68.1 Å². The van der Waals surface area contributed by atoms with Crippen LogP contribution in [-0.2, 0) is 33.6 Å². The van der Waals surface area contributed by atoms with Crippen molar-refractivity contribution in [1.82, 2.24) is 26.3 Å². The van der Waals surface area contributed by atoms with E-state index >= 15 is 0 Å². The Bertz CT molecular complexity index is 1140. The van der Waals surface area contributed by atoms with Gasteiger partial charge in [-0.3, -0.25) is 24.0 Å². The molecule has 0 aliphatic rings. The Balaban J connectivity index is -0.00000180. The van der Waals surface area contributed by atoms with Crippen molar-refractivity contribution in [2.45, 2.75) is 141 Å². The quantitative estimate of drug-likeness (QED) is 0.0213. The largest absolute Gasteiger partial charge is 0.483 e.